The van der Waals surface area contributed by atoms with Gasteiger partial charge in [0.05, 0.1) is 11.3 Å². The number of thiophene rings is 1. The van der Waals surface area contributed by atoms with Crippen LogP contribution in [-0.4, -0.2) is 15.7 Å². The van der Waals surface area contributed by atoms with Gasteiger partial charge in [0.1, 0.15) is 17.6 Å². The molecule has 0 aliphatic heterocycles. The Hall–Kier alpha value is -2.13. The number of anilines is 1. The van der Waals surface area contributed by atoms with Gasteiger partial charge in [0, 0.05) is 10.6 Å². The molecule has 1 N–H and O–H groups in total. The van der Waals surface area contributed by atoms with Gasteiger partial charge in [-0.1, -0.05) is 0 Å². The molecule has 0 aliphatic rings. The van der Waals surface area contributed by atoms with Crippen LogP contribution >= 0.6 is 11.3 Å². The van der Waals surface area contributed by atoms with Crippen LogP contribution in [0.1, 0.15) is 27.4 Å². The summed E-state index contributed by atoms with van der Waals surface area (Å²) in [4.78, 5) is 13.1. The number of amides is 1. The Morgan fingerprint density at radius 3 is 2.70 bits per heavy atom. The molecule has 0 saturated carbocycles. The minimum atomic E-state index is -0.172. The fraction of sp³-hybridized carbons (Fsp3) is 0.357. The smallest absolute Gasteiger partial charge is 0.246 e. The average molecular weight is 288 g/mol. The SMILES string of the molecule is Cc1cc(C)n(CC(=O)Nc2sc(C)c(C)c2C#N)n1. The van der Waals surface area contributed by atoms with Gasteiger partial charge in [0.25, 0.3) is 0 Å². The predicted octanol–water partition coefficient (Wildman–Crippen LogP) is 2.69. The van der Waals surface area contributed by atoms with Gasteiger partial charge in [-0.25, -0.2) is 0 Å². The normalized spacial score (nSPS) is 10.3. The van der Waals surface area contributed by atoms with E-state index in [4.69, 9.17) is 5.26 Å². The second-order valence-electron chi connectivity index (χ2n) is 4.73. The van der Waals surface area contributed by atoms with Crippen LogP contribution in [0.2, 0.25) is 0 Å². The number of aryl methyl sites for hydroxylation is 3. The zero-order valence-corrected chi connectivity index (χ0v) is 12.8. The van der Waals surface area contributed by atoms with Crippen LogP contribution in [0, 0.1) is 39.0 Å². The molecule has 0 fully saturated rings. The van der Waals surface area contributed by atoms with Crippen molar-refractivity contribution >= 4 is 22.2 Å². The highest BCUT2D eigenvalue weighted by Crippen LogP contribution is 2.31. The van der Waals surface area contributed by atoms with Crippen molar-refractivity contribution in [2.24, 2.45) is 0 Å². The van der Waals surface area contributed by atoms with Crippen molar-refractivity contribution in [1.29, 1.82) is 5.26 Å². The Kier molecular flexibility index (Phi) is 3.91. The monoisotopic (exact) mass is 288 g/mol. The van der Waals surface area contributed by atoms with Gasteiger partial charge >= 0.3 is 0 Å². The van der Waals surface area contributed by atoms with E-state index in [9.17, 15) is 4.79 Å². The average Bonchev–Trinajstić information content (AvgIpc) is 2.80. The lowest BCUT2D eigenvalue weighted by molar-refractivity contribution is -0.116. The highest BCUT2D eigenvalue weighted by atomic mass is 32.1. The zero-order valence-electron chi connectivity index (χ0n) is 11.9. The van der Waals surface area contributed by atoms with Gasteiger partial charge in [0.2, 0.25) is 5.91 Å². The van der Waals surface area contributed by atoms with Gasteiger partial charge < -0.3 is 5.32 Å². The highest BCUT2D eigenvalue weighted by Gasteiger charge is 2.15. The minimum Gasteiger partial charge on any atom is -0.315 e. The number of nitriles is 1. The summed E-state index contributed by atoms with van der Waals surface area (Å²) >= 11 is 1.43. The molecule has 5 nitrogen and oxygen atoms in total. The van der Waals surface area contributed by atoms with Crippen molar-refractivity contribution in [1.82, 2.24) is 9.78 Å². The molecule has 104 valence electrons. The van der Waals surface area contributed by atoms with Crippen LogP contribution in [-0.2, 0) is 11.3 Å². The topological polar surface area (TPSA) is 70.7 Å². The molecule has 0 saturated heterocycles. The van der Waals surface area contributed by atoms with Gasteiger partial charge in [-0.05, 0) is 39.3 Å². The van der Waals surface area contributed by atoms with Crippen molar-refractivity contribution < 1.29 is 4.79 Å². The predicted molar refractivity (Wildman–Crippen MR) is 78.8 cm³/mol. The number of nitrogens with one attached hydrogen (secondary N) is 1. The Labute approximate surface area is 121 Å². The van der Waals surface area contributed by atoms with Gasteiger partial charge in [-0.2, -0.15) is 10.4 Å². The molecule has 0 aromatic carbocycles. The van der Waals surface area contributed by atoms with E-state index in [1.807, 2.05) is 33.8 Å². The van der Waals surface area contributed by atoms with E-state index in [2.05, 4.69) is 16.5 Å². The van der Waals surface area contributed by atoms with Gasteiger partial charge in [-0.15, -0.1) is 11.3 Å². The van der Waals surface area contributed by atoms with E-state index in [1.54, 1.807) is 4.68 Å². The maximum absolute atomic E-state index is 12.1. The molecule has 2 heterocycles. The van der Waals surface area contributed by atoms with E-state index < -0.39 is 0 Å². The lowest BCUT2D eigenvalue weighted by Crippen LogP contribution is -2.20. The Morgan fingerprint density at radius 2 is 2.15 bits per heavy atom. The summed E-state index contributed by atoms with van der Waals surface area (Å²) in [5, 5.41) is 16.8. The number of carbonyl (C=O) groups is 1. The number of hydrogen-bond acceptors (Lipinski definition) is 4. The Bertz CT molecular complexity index is 706. The van der Waals surface area contributed by atoms with Crippen molar-refractivity contribution in [3.63, 3.8) is 0 Å². The summed E-state index contributed by atoms with van der Waals surface area (Å²) in [5.41, 5.74) is 3.31. The van der Waals surface area contributed by atoms with E-state index in [-0.39, 0.29) is 12.5 Å². The van der Waals surface area contributed by atoms with Crippen LogP contribution in [0.15, 0.2) is 6.07 Å². The molecule has 0 radical (unpaired) electrons. The number of carbonyl (C=O) groups excluding carboxylic acids is 1. The second-order valence-corrected chi connectivity index (χ2v) is 5.96. The summed E-state index contributed by atoms with van der Waals surface area (Å²) in [5.74, 6) is -0.172. The maximum Gasteiger partial charge on any atom is 0.246 e. The molecule has 0 atom stereocenters. The number of hydrogen-bond donors (Lipinski definition) is 1. The molecule has 2 aromatic rings. The van der Waals surface area contributed by atoms with Gasteiger partial charge in [-0.3, -0.25) is 9.48 Å². The molecule has 0 spiro atoms. The largest absolute Gasteiger partial charge is 0.315 e. The van der Waals surface area contributed by atoms with E-state index >= 15 is 0 Å². The summed E-state index contributed by atoms with van der Waals surface area (Å²) < 4.78 is 1.66. The van der Waals surface area contributed by atoms with Crippen LogP contribution in [0.4, 0.5) is 5.00 Å². The molecule has 0 bridgehead atoms. The van der Waals surface area contributed by atoms with Crippen molar-refractivity contribution in [3.05, 3.63) is 33.5 Å². The molecule has 20 heavy (non-hydrogen) atoms. The lowest BCUT2D eigenvalue weighted by atomic mass is 10.2. The van der Waals surface area contributed by atoms with E-state index in [0.717, 1.165) is 21.8 Å². The molecular weight excluding hydrogens is 272 g/mol. The first-order chi connectivity index (χ1) is 9.42. The number of nitrogens with zero attached hydrogens (tertiary/aromatic N) is 3. The molecule has 0 aliphatic carbocycles. The molecule has 0 unspecified atom stereocenters. The summed E-state index contributed by atoms with van der Waals surface area (Å²) in [6.45, 7) is 7.79. The maximum atomic E-state index is 12.1. The standard InChI is InChI=1S/C14H16N4OS/c1-8-5-9(2)18(17-8)7-13(19)16-14-12(6-15)10(3)11(4)20-14/h5H,7H2,1-4H3,(H,16,19). The summed E-state index contributed by atoms with van der Waals surface area (Å²) in [6, 6.07) is 4.07. The quantitative estimate of drug-likeness (QED) is 0.944. The van der Waals surface area contributed by atoms with Crippen LogP contribution in [0.25, 0.3) is 0 Å². The Balaban J connectivity index is 2.15. The lowest BCUT2D eigenvalue weighted by Gasteiger charge is -2.05. The molecule has 2 aromatic heterocycles. The second kappa shape index (κ2) is 5.47. The van der Waals surface area contributed by atoms with Crippen LogP contribution < -0.4 is 5.32 Å². The van der Waals surface area contributed by atoms with E-state index in [0.29, 0.717) is 10.6 Å². The molecular formula is C14H16N4OS. The molecule has 6 heteroatoms. The molecule has 1 amide bonds. The van der Waals surface area contributed by atoms with Crippen molar-refractivity contribution in [2.75, 3.05) is 5.32 Å². The first kappa shape index (κ1) is 14.3. The fourth-order valence-corrected chi connectivity index (χ4v) is 3.01. The van der Waals surface area contributed by atoms with E-state index in [1.165, 1.54) is 11.3 Å². The Morgan fingerprint density at radius 1 is 1.45 bits per heavy atom. The summed E-state index contributed by atoms with van der Waals surface area (Å²) in [6.07, 6.45) is 0. The van der Waals surface area contributed by atoms with Crippen LogP contribution in [0.5, 0.6) is 0 Å². The molecule has 2 rings (SSSR count). The number of rotatable bonds is 3. The minimum absolute atomic E-state index is 0.153. The highest BCUT2D eigenvalue weighted by molar-refractivity contribution is 7.16. The summed E-state index contributed by atoms with van der Waals surface area (Å²) in [7, 11) is 0. The first-order valence-corrected chi connectivity index (χ1v) is 7.05. The third-order valence-corrected chi connectivity index (χ3v) is 4.27. The van der Waals surface area contributed by atoms with Crippen LogP contribution in [0.3, 0.4) is 0 Å². The zero-order chi connectivity index (χ0) is 14.9. The van der Waals surface area contributed by atoms with Crippen molar-refractivity contribution in [3.8, 4) is 6.07 Å². The van der Waals surface area contributed by atoms with Gasteiger partial charge in [0.15, 0.2) is 0 Å². The fourth-order valence-electron chi connectivity index (χ4n) is 1.99. The third-order valence-electron chi connectivity index (χ3n) is 3.15. The first-order valence-electron chi connectivity index (χ1n) is 6.23. The number of aromatic nitrogens is 2. The third kappa shape index (κ3) is 2.73. The van der Waals surface area contributed by atoms with Crippen molar-refractivity contribution in [2.45, 2.75) is 34.2 Å².